The van der Waals surface area contributed by atoms with Gasteiger partial charge in [0.1, 0.15) is 5.82 Å². The van der Waals surface area contributed by atoms with Gasteiger partial charge in [0.05, 0.1) is 10.0 Å². The van der Waals surface area contributed by atoms with Crippen LogP contribution in [0.2, 0.25) is 15.3 Å². The molecular formula is C11H5Cl3F3N3. The Labute approximate surface area is 126 Å². The third kappa shape index (κ3) is 3.65. The van der Waals surface area contributed by atoms with E-state index in [1.807, 2.05) is 0 Å². The molecule has 0 bridgehead atoms. The van der Waals surface area contributed by atoms with E-state index in [9.17, 15) is 13.2 Å². The van der Waals surface area contributed by atoms with Crippen molar-refractivity contribution in [1.29, 1.82) is 0 Å². The Kier molecular flexibility index (Phi) is 4.27. The smallest absolute Gasteiger partial charge is 0.340 e. The van der Waals surface area contributed by atoms with Gasteiger partial charge in [-0.25, -0.2) is 9.97 Å². The average Bonchev–Trinajstić information content (AvgIpc) is 2.32. The van der Waals surface area contributed by atoms with E-state index >= 15 is 0 Å². The third-order valence-electron chi connectivity index (χ3n) is 2.18. The van der Waals surface area contributed by atoms with E-state index in [4.69, 9.17) is 34.8 Å². The van der Waals surface area contributed by atoms with Crippen LogP contribution < -0.4 is 5.32 Å². The number of nitrogens with one attached hydrogen (secondary N) is 1. The van der Waals surface area contributed by atoms with Crippen molar-refractivity contribution in [2.45, 2.75) is 6.18 Å². The van der Waals surface area contributed by atoms with E-state index in [0.717, 1.165) is 6.07 Å². The molecule has 1 heterocycles. The molecule has 0 fully saturated rings. The lowest BCUT2D eigenvalue weighted by Gasteiger charge is -2.10. The normalized spacial score (nSPS) is 11.5. The zero-order valence-corrected chi connectivity index (χ0v) is 11.7. The average molecular weight is 343 g/mol. The highest BCUT2D eigenvalue weighted by molar-refractivity contribution is 6.42. The van der Waals surface area contributed by atoms with Crippen LogP contribution in [0.15, 0.2) is 24.3 Å². The Bertz CT molecular complexity index is 647. The zero-order valence-electron chi connectivity index (χ0n) is 9.47. The zero-order chi connectivity index (χ0) is 14.9. The molecule has 0 radical (unpaired) electrons. The fourth-order valence-corrected chi connectivity index (χ4v) is 1.83. The highest BCUT2D eigenvalue weighted by Gasteiger charge is 2.33. The summed E-state index contributed by atoms with van der Waals surface area (Å²) in [5.41, 5.74) is -0.720. The SMILES string of the molecule is FC(F)(F)c1cc(Nc2ccc(Cl)c(Cl)c2)nc(Cl)n1. The van der Waals surface area contributed by atoms with Crippen molar-refractivity contribution >= 4 is 46.3 Å². The summed E-state index contributed by atoms with van der Waals surface area (Å²) < 4.78 is 37.8. The number of hydrogen-bond acceptors (Lipinski definition) is 3. The second-order valence-corrected chi connectivity index (χ2v) is 4.81. The van der Waals surface area contributed by atoms with Crippen molar-refractivity contribution < 1.29 is 13.2 Å². The quantitative estimate of drug-likeness (QED) is 0.762. The minimum absolute atomic E-state index is 0.101. The highest BCUT2D eigenvalue weighted by Crippen LogP contribution is 2.31. The van der Waals surface area contributed by atoms with E-state index in [-0.39, 0.29) is 10.8 Å². The molecule has 0 aliphatic heterocycles. The number of hydrogen-bond donors (Lipinski definition) is 1. The number of alkyl halides is 3. The molecule has 0 amide bonds. The standard InChI is InChI=1S/C11H5Cl3F3N3/c12-6-2-1-5(3-7(6)13)18-9-4-8(11(15,16)17)19-10(14)20-9/h1-4H,(H,18,19,20). The van der Waals surface area contributed by atoms with Crippen molar-refractivity contribution in [3.8, 4) is 0 Å². The largest absolute Gasteiger partial charge is 0.433 e. The minimum Gasteiger partial charge on any atom is -0.340 e. The molecule has 3 nitrogen and oxygen atoms in total. The summed E-state index contributed by atoms with van der Waals surface area (Å²) >= 11 is 17.0. The van der Waals surface area contributed by atoms with Crippen LogP contribution in [0.25, 0.3) is 0 Å². The second kappa shape index (κ2) is 5.63. The van der Waals surface area contributed by atoms with E-state index in [1.165, 1.54) is 18.2 Å². The fourth-order valence-electron chi connectivity index (χ4n) is 1.35. The molecule has 106 valence electrons. The Morgan fingerprint density at radius 1 is 0.950 bits per heavy atom. The van der Waals surface area contributed by atoms with Gasteiger partial charge >= 0.3 is 6.18 Å². The minimum atomic E-state index is -4.61. The van der Waals surface area contributed by atoms with Crippen molar-refractivity contribution in [3.05, 3.63) is 45.3 Å². The van der Waals surface area contributed by atoms with E-state index in [0.29, 0.717) is 10.7 Å². The Balaban J connectivity index is 2.33. The number of rotatable bonds is 2. The Morgan fingerprint density at radius 3 is 2.25 bits per heavy atom. The maximum absolute atomic E-state index is 12.6. The predicted octanol–water partition coefficient (Wildman–Crippen LogP) is 5.20. The summed E-state index contributed by atoms with van der Waals surface area (Å²) in [7, 11) is 0. The number of nitrogens with zero attached hydrogens (tertiary/aromatic N) is 2. The van der Waals surface area contributed by atoms with Crippen molar-refractivity contribution in [2.75, 3.05) is 5.32 Å². The van der Waals surface area contributed by atoms with Crippen LogP contribution in [0.5, 0.6) is 0 Å². The first kappa shape index (κ1) is 15.2. The number of halogens is 6. The molecule has 0 aliphatic rings. The molecule has 1 aromatic carbocycles. The van der Waals surface area contributed by atoms with Gasteiger partial charge in [-0.1, -0.05) is 23.2 Å². The van der Waals surface area contributed by atoms with E-state index < -0.39 is 17.2 Å². The topological polar surface area (TPSA) is 37.8 Å². The highest BCUT2D eigenvalue weighted by atomic mass is 35.5. The van der Waals surface area contributed by atoms with Crippen LogP contribution in [0.3, 0.4) is 0 Å². The van der Waals surface area contributed by atoms with Crippen molar-refractivity contribution in [3.63, 3.8) is 0 Å². The van der Waals surface area contributed by atoms with E-state index in [2.05, 4.69) is 15.3 Å². The molecule has 0 saturated carbocycles. The second-order valence-electron chi connectivity index (χ2n) is 3.66. The monoisotopic (exact) mass is 341 g/mol. The molecule has 20 heavy (non-hydrogen) atoms. The van der Waals surface area contributed by atoms with Crippen LogP contribution in [-0.4, -0.2) is 9.97 Å². The first-order chi connectivity index (χ1) is 9.25. The Morgan fingerprint density at radius 2 is 1.65 bits per heavy atom. The fraction of sp³-hybridized carbons (Fsp3) is 0.0909. The van der Waals surface area contributed by atoms with Gasteiger partial charge in [0.15, 0.2) is 5.69 Å². The lowest BCUT2D eigenvalue weighted by atomic mass is 10.3. The molecule has 9 heteroatoms. The predicted molar refractivity (Wildman–Crippen MR) is 71.8 cm³/mol. The van der Waals surface area contributed by atoms with Gasteiger partial charge in [-0.05, 0) is 29.8 Å². The molecular weight excluding hydrogens is 337 g/mol. The first-order valence-corrected chi connectivity index (χ1v) is 6.23. The summed E-state index contributed by atoms with van der Waals surface area (Å²) in [6, 6.07) is 5.23. The summed E-state index contributed by atoms with van der Waals surface area (Å²) in [4.78, 5) is 6.78. The Hall–Kier alpha value is -1.24. The summed E-state index contributed by atoms with van der Waals surface area (Å²) in [6.45, 7) is 0. The van der Waals surface area contributed by atoms with Gasteiger partial charge in [0, 0.05) is 11.8 Å². The van der Waals surface area contributed by atoms with E-state index in [1.54, 1.807) is 0 Å². The van der Waals surface area contributed by atoms with Crippen LogP contribution in [0.4, 0.5) is 24.7 Å². The first-order valence-electron chi connectivity index (χ1n) is 5.09. The van der Waals surface area contributed by atoms with Crippen LogP contribution in [0, 0.1) is 0 Å². The molecule has 0 spiro atoms. The van der Waals surface area contributed by atoms with Gasteiger partial charge in [0.25, 0.3) is 0 Å². The number of benzene rings is 1. The number of anilines is 2. The third-order valence-corrected chi connectivity index (χ3v) is 3.09. The molecule has 0 unspecified atom stereocenters. The maximum Gasteiger partial charge on any atom is 0.433 e. The lowest BCUT2D eigenvalue weighted by molar-refractivity contribution is -0.141. The van der Waals surface area contributed by atoms with Gasteiger partial charge < -0.3 is 5.32 Å². The molecule has 1 aromatic heterocycles. The molecule has 1 N–H and O–H groups in total. The summed E-state index contributed by atoms with van der Waals surface area (Å²) in [5.74, 6) is -0.101. The number of aromatic nitrogens is 2. The van der Waals surface area contributed by atoms with Crippen molar-refractivity contribution in [2.24, 2.45) is 0 Å². The van der Waals surface area contributed by atoms with Gasteiger partial charge in [-0.3, -0.25) is 0 Å². The van der Waals surface area contributed by atoms with Crippen molar-refractivity contribution in [1.82, 2.24) is 9.97 Å². The molecule has 2 aromatic rings. The van der Waals surface area contributed by atoms with Gasteiger partial charge in [0.2, 0.25) is 5.28 Å². The molecule has 2 rings (SSSR count). The van der Waals surface area contributed by atoms with Crippen LogP contribution in [0.1, 0.15) is 5.69 Å². The molecule has 0 aliphatic carbocycles. The maximum atomic E-state index is 12.6. The van der Waals surface area contributed by atoms with Gasteiger partial charge in [-0.15, -0.1) is 0 Å². The van der Waals surface area contributed by atoms with Crippen LogP contribution in [-0.2, 0) is 6.18 Å². The molecule has 0 atom stereocenters. The van der Waals surface area contributed by atoms with Crippen LogP contribution >= 0.6 is 34.8 Å². The van der Waals surface area contributed by atoms with Gasteiger partial charge in [-0.2, -0.15) is 13.2 Å². The molecule has 0 saturated heterocycles. The summed E-state index contributed by atoms with van der Waals surface area (Å²) in [6.07, 6.45) is -4.61. The summed E-state index contributed by atoms with van der Waals surface area (Å²) in [5, 5.41) is 2.72. The lowest BCUT2D eigenvalue weighted by Crippen LogP contribution is -2.10.